The molecule has 0 unspecified atom stereocenters. The third-order valence-corrected chi connectivity index (χ3v) is 2.08. The summed E-state index contributed by atoms with van der Waals surface area (Å²) in [5.74, 6) is -0.892. The molecule has 0 saturated heterocycles. The highest BCUT2D eigenvalue weighted by Gasteiger charge is 2.07. The minimum Gasteiger partial charge on any atom is -0.466 e. The first-order valence-electron chi connectivity index (χ1n) is 5.29. The Morgan fingerprint density at radius 3 is 2.47 bits per heavy atom. The Bertz CT molecular complexity index is 557. The average Bonchev–Trinajstić information content (AvgIpc) is 2.39. The van der Waals surface area contributed by atoms with E-state index in [4.69, 9.17) is 5.53 Å². The van der Waals surface area contributed by atoms with Crippen LogP contribution in [0.4, 0.5) is 5.69 Å². The summed E-state index contributed by atoms with van der Waals surface area (Å²) in [4.78, 5) is 24.7. The van der Waals surface area contributed by atoms with E-state index in [1.54, 1.807) is 24.3 Å². The SMILES string of the molecule is COC(=O)/C(=C/c1ccc(NC(C)=O)cc1)N=[N+]=[N-]. The second kappa shape index (κ2) is 6.83. The number of ether oxygens (including phenoxy) is 1. The number of nitrogens with zero attached hydrogens (tertiary/aromatic N) is 3. The van der Waals surface area contributed by atoms with Crippen molar-refractivity contribution in [2.45, 2.75) is 6.92 Å². The molecule has 0 aliphatic heterocycles. The minimum atomic E-state index is -0.719. The van der Waals surface area contributed by atoms with Crippen LogP contribution in [-0.4, -0.2) is 19.0 Å². The molecule has 0 aromatic heterocycles. The number of hydrogen-bond donors (Lipinski definition) is 1. The monoisotopic (exact) mass is 260 g/mol. The van der Waals surface area contributed by atoms with E-state index in [0.29, 0.717) is 11.3 Å². The fraction of sp³-hybridized carbons (Fsp3) is 0.167. The van der Waals surface area contributed by atoms with Crippen LogP contribution in [0.5, 0.6) is 0 Å². The van der Waals surface area contributed by atoms with Crippen molar-refractivity contribution >= 4 is 23.6 Å². The number of nitrogens with one attached hydrogen (secondary N) is 1. The quantitative estimate of drug-likeness (QED) is 0.295. The van der Waals surface area contributed by atoms with E-state index in [-0.39, 0.29) is 11.6 Å². The third-order valence-electron chi connectivity index (χ3n) is 2.08. The molecule has 0 atom stereocenters. The van der Waals surface area contributed by atoms with Crippen LogP contribution >= 0.6 is 0 Å². The number of anilines is 1. The molecule has 1 aromatic rings. The maximum absolute atomic E-state index is 11.3. The van der Waals surface area contributed by atoms with Crippen molar-refractivity contribution in [3.63, 3.8) is 0 Å². The topological polar surface area (TPSA) is 104 Å². The molecule has 98 valence electrons. The number of azide groups is 1. The van der Waals surface area contributed by atoms with Crippen LogP contribution < -0.4 is 5.32 Å². The van der Waals surface area contributed by atoms with Crippen molar-refractivity contribution in [3.05, 3.63) is 46.0 Å². The minimum absolute atomic E-state index is 0.141. The maximum Gasteiger partial charge on any atom is 0.340 e. The first-order valence-corrected chi connectivity index (χ1v) is 5.29. The molecule has 1 amide bonds. The highest BCUT2D eigenvalue weighted by molar-refractivity contribution is 5.93. The number of hydrogen-bond acceptors (Lipinski definition) is 4. The molecule has 7 nitrogen and oxygen atoms in total. The molecule has 19 heavy (non-hydrogen) atoms. The lowest BCUT2D eigenvalue weighted by Gasteiger charge is -2.02. The predicted molar refractivity (Wildman–Crippen MR) is 69.9 cm³/mol. The highest BCUT2D eigenvalue weighted by atomic mass is 16.5. The van der Waals surface area contributed by atoms with Gasteiger partial charge in [-0.15, -0.1) is 0 Å². The van der Waals surface area contributed by atoms with Crippen molar-refractivity contribution in [1.29, 1.82) is 0 Å². The van der Waals surface area contributed by atoms with Gasteiger partial charge in [-0.05, 0) is 29.3 Å². The smallest absolute Gasteiger partial charge is 0.340 e. The molecule has 0 aliphatic carbocycles. The normalized spacial score (nSPS) is 10.3. The number of carbonyl (C=O) groups excluding carboxylic acids is 2. The molecule has 0 saturated carbocycles. The van der Waals surface area contributed by atoms with E-state index in [0.717, 1.165) is 0 Å². The molecule has 0 fully saturated rings. The Kier molecular flexibility index (Phi) is 5.13. The van der Waals surface area contributed by atoms with Crippen molar-refractivity contribution < 1.29 is 14.3 Å². The van der Waals surface area contributed by atoms with E-state index in [2.05, 4.69) is 20.1 Å². The van der Waals surface area contributed by atoms with Crippen molar-refractivity contribution in [1.82, 2.24) is 0 Å². The van der Waals surface area contributed by atoms with Crippen LogP contribution in [0.1, 0.15) is 12.5 Å². The second-order valence-electron chi connectivity index (χ2n) is 3.51. The molecule has 0 aliphatic rings. The Labute approximate surface area is 109 Å². The zero-order valence-corrected chi connectivity index (χ0v) is 10.5. The summed E-state index contributed by atoms with van der Waals surface area (Å²) in [6.45, 7) is 1.41. The average molecular weight is 260 g/mol. The lowest BCUT2D eigenvalue weighted by Crippen LogP contribution is -2.05. The zero-order valence-electron chi connectivity index (χ0n) is 10.5. The third kappa shape index (κ3) is 4.53. The predicted octanol–water partition coefficient (Wildman–Crippen LogP) is 2.47. The number of benzene rings is 1. The van der Waals surface area contributed by atoms with E-state index in [9.17, 15) is 9.59 Å². The van der Waals surface area contributed by atoms with Gasteiger partial charge in [-0.1, -0.05) is 17.2 Å². The van der Waals surface area contributed by atoms with Crippen LogP contribution in [0.15, 0.2) is 35.1 Å². The van der Waals surface area contributed by atoms with Gasteiger partial charge in [0.25, 0.3) is 0 Å². The summed E-state index contributed by atoms with van der Waals surface area (Å²) in [6, 6.07) is 6.67. The standard InChI is InChI=1S/C12H12N4O3/c1-8(17)14-10-5-3-9(4-6-10)7-11(15-16-13)12(18)19-2/h3-7H,1-2H3,(H,14,17)/b11-7-. The van der Waals surface area contributed by atoms with Gasteiger partial charge in [-0.25, -0.2) is 4.79 Å². The van der Waals surface area contributed by atoms with E-state index < -0.39 is 5.97 Å². The van der Waals surface area contributed by atoms with Crippen LogP contribution in [-0.2, 0) is 14.3 Å². The second-order valence-corrected chi connectivity index (χ2v) is 3.51. The van der Waals surface area contributed by atoms with E-state index in [1.165, 1.54) is 20.1 Å². The fourth-order valence-electron chi connectivity index (χ4n) is 1.31. The summed E-state index contributed by atoms with van der Waals surface area (Å²) in [5, 5.41) is 5.87. The first-order chi connectivity index (χ1) is 9.06. The van der Waals surface area contributed by atoms with Gasteiger partial charge in [0.1, 0.15) is 5.70 Å². The van der Waals surface area contributed by atoms with Gasteiger partial charge in [-0.2, -0.15) is 0 Å². The molecular weight excluding hydrogens is 248 g/mol. The molecule has 1 N–H and O–H groups in total. The van der Waals surface area contributed by atoms with Crippen molar-refractivity contribution in [2.24, 2.45) is 5.11 Å². The van der Waals surface area contributed by atoms with Gasteiger partial charge in [0.05, 0.1) is 7.11 Å². The number of rotatable bonds is 4. The zero-order chi connectivity index (χ0) is 14.3. The van der Waals surface area contributed by atoms with Crippen LogP contribution in [0.2, 0.25) is 0 Å². The van der Waals surface area contributed by atoms with Gasteiger partial charge in [0.15, 0.2) is 0 Å². The Hall–Kier alpha value is -2.79. The van der Waals surface area contributed by atoms with Gasteiger partial charge >= 0.3 is 5.97 Å². The largest absolute Gasteiger partial charge is 0.466 e. The molecule has 1 rings (SSSR count). The Morgan fingerprint density at radius 2 is 2.00 bits per heavy atom. The number of carbonyl (C=O) groups is 2. The molecule has 0 radical (unpaired) electrons. The van der Waals surface area contributed by atoms with Gasteiger partial charge in [0, 0.05) is 17.5 Å². The number of esters is 1. The van der Waals surface area contributed by atoms with Crippen molar-refractivity contribution in [2.75, 3.05) is 12.4 Å². The number of methoxy groups -OCH3 is 1. The molecule has 1 aromatic carbocycles. The van der Waals surface area contributed by atoms with Gasteiger partial charge in [0.2, 0.25) is 5.91 Å². The maximum atomic E-state index is 11.3. The molecular formula is C12H12N4O3. The lowest BCUT2D eigenvalue weighted by atomic mass is 10.1. The number of amides is 1. The first kappa shape index (κ1) is 14.3. The van der Waals surface area contributed by atoms with E-state index in [1.807, 2.05) is 0 Å². The summed E-state index contributed by atoms with van der Waals surface area (Å²) in [7, 11) is 1.20. The molecule has 0 spiro atoms. The summed E-state index contributed by atoms with van der Waals surface area (Å²) < 4.78 is 4.48. The summed E-state index contributed by atoms with van der Waals surface area (Å²) in [5.41, 5.74) is 9.50. The summed E-state index contributed by atoms with van der Waals surface area (Å²) in [6.07, 6.45) is 1.39. The van der Waals surface area contributed by atoms with Crippen LogP contribution in [0, 0.1) is 0 Å². The van der Waals surface area contributed by atoms with E-state index >= 15 is 0 Å². The molecule has 0 heterocycles. The molecule has 0 bridgehead atoms. The van der Waals surface area contributed by atoms with Crippen LogP contribution in [0.3, 0.4) is 0 Å². The Balaban J connectivity index is 2.99. The summed E-state index contributed by atoms with van der Waals surface area (Å²) >= 11 is 0. The Morgan fingerprint density at radius 1 is 1.37 bits per heavy atom. The molecule has 7 heteroatoms. The van der Waals surface area contributed by atoms with Gasteiger partial charge in [-0.3, -0.25) is 4.79 Å². The van der Waals surface area contributed by atoms with Crippen molar-refractivity contribution in [3.8, 4) is 0 Å². The van der Waals surface area contributed by atoms with Gasteiger partial charge < -0.3 is 10.1 Å². The highest BCUT2D eigenvalue weighted by Crippen LogP contribution is 2.14. The fourth-order valence-corrected chi connectivity index (χ4v) is 1.31. The lowest BCUT2D eigenvalue weighted by molar-refractivity contribution is -0.136. The van der Waals surface area contributed by atoms with Crippen LogP contribution in [0.25, 0.3) is 16.5 Å².